The highest BCUT2D eigenvalue weighted by molar-refractivity contribution is 7.92. The van der Waals surface area contributed by atoms with Crippen LogP contribution in [0, 0.1) is 0 Å². The average molecular weight is 682 g/mol. The van der Waals surface area contributed by atoms with Crippen LogP contribution >= 0.6 is 11.6 Å². The van der Waals surface area contributed by atoms with Gasteiger partial charge in [-0.05, 0) is 54.0 Å². The minimum Gasteiger partial charge on any atom is -0.542 e. The molecule has 0 unspecified atom stereocenters. The maximum atomic E-state index is 12.9. The molecule has 244 valence electrons. The Labute approximate surface area is 276 Å². The van der Waals surface area contributed by atoms with Gasteiger partial charge in [-0.1, -0.05) is 56.6 Å². The third-order valence-electron chi connectivity index (χ3n) is 8.72. The number of hydrogen-bond acceptors (Lipinski definition) is 7. The van der Waals surface area contributed by atoms with Crippen molar-refractivity contribution in [3.8, 4) is 23.1 Å². The molecule has 1 N–H and O–H groups in total. The lowest BCUT2D eigenvalue weighted by molar-refractivity contribution is 0.311. The van der Waals surface area contributed by atoms with Crippen molar-refractivity contribution >= 4 is 57.3 Å². The number of benzene rings is 3. The summed E-state index contributed by atoms with van der Waals surface area (Å²) in [5, 5.41) is 13.7. The molecule has 2 heterocycles. The number of anilines is 1. The van der Waals surface area contributed by atoms with E-state index in [-0.39, 0.29) is 24.1 Å². The van der Waals surface area contributed by atoms with Crippen LogP contribution in [0.15, 0.2) is 67.0 Å². The molecule has 0 aliphatic heterocycles. The second kappa shape index (κ2) is 12.3. The monoisotopic (exact) mass is 681 g/mol. The molecule has 12 heteroatoms. The highest BCUT2D eigenvalue weighted by atomic mass is 35.5. The number of fused-ring (bicyclic) bond motifs is 2. The number of sulfonamides is 1. The van der Waals surface area contributed by atoms with Gasteiger partial charge in [-0.3, -0.25) is 9.29 Å². The number of aromatic nitrogens is 2. The van der Waals surface area contributed by atoms with Crippen molar-refractivity contribution in [1.82, 2.24) is 9.55 Å². The number of methoxy groups -OCH3 is 1. The molecule has 0 bridgehead atoms. The van der Waals surface area contributed by atoms with E-state index in [1.165, 1.54) is 11.4 Å². The summed E-state index contributed by atoms with van der Waals surface area (Å²) in [5.74, 6) is 1.53. The summed E-state index contributed by atoms with van der Waals surface area (Å²) in [7, 11) is -2.87. The predicted molar refractivity (Wildman–Crippen MR) is 188 cm³/mol. The Morgan fingerprint density at radius 2 is 1.72 bits per heavy atom. The lowest BCUT2D eigenvalue weighted by atomic mass is 10.1. The molecule has 5 aromatic rings. The van der Waals surface area contributed by atoms with Gasteiger partial charge in [0.15, 0.2) is 5.75 Å². The lowest BCUT2D eigenvalue weighted by Crippen LogP contribution is -2.44. The molecule has 0 spiro atoms. The Hall–Kier alpha value is -3.93. The summed E-state index contributed by atoms with van der Waals surface area (Å²) in [6.45, 7) is 11.2. The number of hydrogen-bond donors (Lipinski definition) is 1. The van der Waals surface area contributed by atoms with Gasteiger partial charge in [-0.15, -0.1) is 0 Å². The summed E-state index contributed by atoms with van der Waals surface area (Å²) in [6, 6.07) is 16.6. The molecule has 9 nitrogen and oxygen atoms in total. The molecule has 0 aliphatic rings. The Bertz CT molecular complexity index is 2020. The highest BCUT2D eigenvalue weighted by Gasteiger charge is 2.40. The molecule has 0 saturated carbocycles. The standard InChI is InChI=1S/C34H40ClN3O6SSi/c1-34(2,3)46(7,8)44-31-23(11-9-13-27(31)35)19-38-20-26-28(33(38)39)32(43-21-22-14-16-24(42-5)17-15-22)29-25(12-10-18-36-29)30(26)37(4)45(6,40)41/h9-18,20,39H,19,21H2,1-8H3. The van der Waals surface area contributed by atoms with Crippen molar-refractivity contribution in [3.63, 3.8) is 0 Å². The fourth-order valence-corrected chi connectivity index (χ4v) is 6.90. The molecule has 2 aromatic heterocycles. The third kappa shape index (κ3) is 6.36. The van der Waals surface area contributed by atoms with E-state index in [1.807, 2.05) is 36.4 Å². The van der Waals surface area contributed by atoms with E-state index in [4.69, 9.17) is 25.5 Å². The maximum absolute atomic E-state index is 12.9. The van der Waals surface area contributed by atoms with Gasteiger partial charge in [0, 0.05) is 35.8 Å². The molecule has 5 rings (SSSR count). The van der Waals surface area contributed by atoms with Crippen molar-refractivity contribution in [2.45, 2.75) is 52.1 Å². The Morgan fingerprint density at radius 3 is 2.35 bits per heavy atom. The zero-order valence-electron chi connectivity index (χ0n) is 27.4. The van der Waals surface area contributed by atoms with Crippen LogP contribution in [-0.4, -0.2) is 51.8 Å². The molecule has 3 aromatic carbocycles. The van der Waals surface area contributed by atoms with E-state index in [2.05, 4.69) is 38.8 Å². The van der Waals surface area contributed by atoms with E-state index in [9.17, 15) is 13.5 Å². The second-order valence-electron chi connectivity index (χ2n) is 12.9. The van der Waals surface area contributed by atoms with Crippen LogP contribution in [0.3, 0.4) is 0 Å². The summed E-state index contributed by atoms with van der Waals surface area (Å²) in [4.78, 5) is 4.60. The fourth-order valence-electron chi connectivity index (χ4n) is 5.02. The van der Waals surface area contributed by atoms with Crippen LogP contribution in [0.2, 0.25) is 23.2 Å². The minimum absolute atomic E-state index is 0.0674. The molecular weight excluding hydrogens is 642 g/mol. The number of ether oxygens (including phenoxy) is 2. The number of aromatic hydroxyl groups is 1. The first-order valence-electron chi connectivity index (χ1n) is 14.8. The molecule has 0 amide bonds. The number of pyridine rings is 1. The Kier molecular flexibility index (Phi) is 8.97. The number of para-hydroxylation sites is 1. The normalized spacial score (nSPS) is 12.5. The van der Waals surface area contributed by atoms with Crippen LogP contribution in [0.1, 0.15) is 31.9 Å². The minimum atomic E-state index is -3.69. The van der Waals surface area contributed by atoms with E-state index in [1.54, 1.807) is 42.3 Å². The van der Waals surface area contributed by atoms with Crippen LogP contribution in [-0.2, 0) is 23.2 Å². The first kappa shape index (κ1) is 33.4. The molecule has 0 fully saturated rings. The van der Waals surface area contributed by atoms with Crippen LogP contribution in [0.25, 0.3) is 21.7 Å². The summed E-state index contributed by atoms with van der Waals surface area (Å²) < 4.78 is 47.1. The first-order valence-corrected chi connectivity index (χ1v) is 20.0. The molecule has 0 saturated heterocycles. The highest BCUT2D eigenvalue weighted by Crippen LogP contribution is 2.48. The van der Waals surface area contributed by atoms with Gasteiger partial charge >= 0.3 is 0 Å². The maximum Gasteiger partial charge on any atom is 0.250 e. The van der Waals surface area contributed by atoms with Gasteiger partial charge in [0.1, 0.15) is 23.6 Å². The Morgan fingerprint density at radius 1 is 1.02 bits per heavy atom. The molecule has 0 atom stereocenters. The molecular formula is C34H40ClN3O6SSi. The summed E-state index contributed by atoms with van der Waals surface area (Å²) in [5.41, 5.74) is 2.46. The lowest BCUT2D eigenvalue weighted by Gasteiger charge is -2.37. The third-order valence-corrected chi connectivity index (χ3v) is 14.5. The summed E-state index contributed by atoms with van der Waals surface area (Å²) in [6.07, 6.45) is 4.50. The zero-order valence-corrected chi connectivity index (χ0v) is 30.0. The first-order chi connectivity index (χ1) is 21.5. The van der Waals surface area contributed by atoms with Crippen molar-refractivity contribution in [1.29, 1.82) is 0 Å². The van der Waals surface area contributed by atoms with Gasteiger partial charge < -0.3 is 23.6 Å². The topological polar surface area (TPSA) is 103 Å². The zero-order chi connectivity index (χ0) is 33.6. The SMILES string of the molecule is COc1ccc(COc2c3ncccc3c(N(C)S(C)(=O)=O)c3cn(Cc4cccc(Cl)c4O[Si](C)(C)C(C)(C)C)c(O)c23)cc1. The van der Waals surface area contributed by atoms with Gasteiger partial charge in [-0.2, -0.15) is 0 Å². The average Bonchev–Trinajstić information content (AvgIpc) is 3.31. The van der Waals surface area contributed by atoms with E-state index >= 15 is 0 Å². The molecule has 0 radical (unpaired) electrons. The smallest absolute Gasteiger partial charge is 0.250 e. The van der Waals surface area contributed by atoms with Crippen molar-refractivity contribution in [3.05, 3.63) is 83.1 Å². The Balaban J connectivity index is 1.71. The molecule has 0 aliphatic carbocycles. The second-order valence-corrected chi connectivity index (χ2v) is 20.0. The van der Waals surface area contributed by atoms with Crippen molar-refractivity contribution < 1.29 is 27.4 Å². The van der Waals surface area contributed by atoms with Gasteiger partial charge in [-0.25, -0.2) is 8.42 Å². The number of rotatable bonds is 10. The number of halogens is 1. The van der Waals surface area contributed by atoms with E-state index in [0.29, 0.717) is 43.9 Å². The fraction of sp³-hybridized carbons (Fsp3) is 0.324. The van der Waals surface area contributed by atoms with Crippen LogP contribution < -0.4 is 18.2 Å². The largest absolute Gasteiger partial charge is 0.542 e. The van der Waals surface area contributed by atoms with Gasteiger partial charge in [0.2, 0.25) is 15.9 Å². The number of nitrogens with zero attached hydrogens (tertiary/aromatic N) is 3. The van der Waals surface area contributed by atoms with Gasteiger partial charge in [0.25, 0.3) is 8.32 Å². The van der Waals surface area contributed by atoms with E-state index in [0.717, 1.165) is 23.1 Å². The van der Waals surface area contributed by atoms with Crippen LogP contribution in [0.5, 0.6) is 23.1 Å². The van der Waals surface area contributed by atoms with Crippen molar-refractivity contribution in [2.24, 2.45) is 0 Å². The van der Waals surface area contributed by atoms with Crippen LogP contribution in [0.4, 0.5) is 5.69 Å². The predicted octanol–water partition coefficient (Wildman–Crippen LogP) is 7.96. The molecule has 46 heavy (non-hydrogen) atoms. The summed E-state index contributed by atoms with van der Waals surface area (Å²) >= 11 is 6.72. The quantitative estimate of drug-likeness (QED) is 0.149. The van der Waals surface area contributed by atoms with Crippen molar-refractivity contribution in [2.75, 3.05) is 24.7 Å². The van der Waals surface area contributed by atoms with E-state index < -0.39 is 18.3 Å². The van der Waals surface area contributed by atoms with Gasteiger partial charge in [0.05, 0.1) is 36.0 Å².